The number of rotatable bonds is 5. The maximum absolute atomic E-state index is 12.7. The number of carbonyl (C=O) groups excluding carboxylic acids is 1. The van der Waals surface area contributed by atoms with E-state index in [4.69, 9.17) is 0 Å². The molecule has 1 aliphatic heterocycles. The Morgan fingerprint density at radius 3 is 2.61 bits per heavy atom. The molecule has 2 aromatic rings. The number of carbonyl (C=O) groups is 1. The van der Waals surface area contributed by atoms with Crippen molar-refractivity contribution in [2.75, 3.05) is 22.6 Å². The fourth-order valence-electron chi connectivity index (χ4n) is 4.37. The Kier molecular flexibility index (Phi) is 5.30. The molecule has 1 saturated carbocycles. The summed E-state index contributed by atoms with van der Waals surface area (Å²) >= 11 is 0. The van der Waals surface area contributed by atoms with Crippen LogP contribution in [0.1, 0.15) is 38.1 Å². The Labute approximate surface area is 178 Å². The molecular formula is C20H26F3N7O. The van der Waals surface area contributed by atoms with Crippen LogP contribution >= 0.6 is 0 Å². The first-order valence-electron chi connectivity index (χ1n) is 10.3. The number of fused-ring (bicyclic) bond motifs is 1. The molecule has 0 aromatic carbocycles. The molecule has 8 nitrogen and oxygen atoms in total. The Morgan fingerprint density at radius 2 is 2.00 bits per heavy atom. The second-order valence-electron chi connectivity index (χ2n) is 8.75. The molecule has 3 heterocycles. The van der Waals surface area contributed by atoms with Crippen molar-refractivity contribution >= 4 is 23.4 Å². The molecule has 1 fully saturated rings. The molecule has 2 N–H and O–H groups in total. The third-order valence-corrected chi connectivity index (χ3v) is 5.93. The van der Waals surface area contributed by atoms with Crippen molar-refractivity contribution in [2.45, 2.75) is 58.4 Å². The van der Waals surface area contributed by atoms with Crippen molar-refractivity contribution in [3.05, 3.63) is 23.9 Å². The van der Waals surface area contributed by atoms with Crippen molar-refractivity contribution < 1.29 is 18.0 Å². The van der Waals surface area contributed by atoms with Gasteiger partial charge >= 0.3 is 6.18 Å². The lowest BCUT2D eigenvalue weighted by atomic mass is 9.80. The van der Waals surface area contributed by atoms with E-state index in [1.165, 1.54) is 10.9 Å². The number of aromatic nitrogens is 4. The number of hydrogen-bond acceptors (Lipinski definition) is 6. The molecule has 2 aromatic heterocycles. The molecule has 4 rings (SSSR count). The molecule has 1 atom stereocenters. The molecule has 0 radical (unpaired) electrons. The second-order valence-corrected chi connectivity index (χ2v) is 8.75. The Balaban J connectivity index is 1.39. The summed E-state index contributed by atoms with van der Waals surface area (Å²) in [6.45, 7) is 6.31. The molecule has 0 saturated heterocycles. The van der Waals surface area contributed by atoms with Gasteiger partial charge in [-0.15, -0.1) is 0 Å². The predicted molar refractivity (Wildman–Crippen MR) is 110 cm³/mol. The van der Waals surface area contributed by atoms with E-state index >= 15 is 0 Å². The van der Waals surface area contributed by atoms with Crippen molar-refractivity contribution in [3.8, 4) is 0 Å². The fraction of sp³-hybridized carbons (Fsp3) is 0.600. The van der Waals surface area contributed by atoms with Crippen LogP contribution in [0.3, 0.4) is 0 Å². The monoisotopic (exact) mass is 437 g/mol. The summed E-state index contributed by atoms with van der Waals surface area (Å²) in [5.74, 6) is 1.50. The van der Waals surface area contributed by atoms with Crippen LogP contribution in [0.25, 0.3) is 0 Å². The minimum Gasteiger partial charge on any atom is -0.351 e. The summed E-state index contributed by atoms with van der Waals surface area (Å²) in [7, 11) is 1.86. The van der Waals surface area contributed by atoms with E-state index in [1.54, 1.807) is 0 Å². The minimum atomic E-state index is -4.42. The maximum atomic E-state index is 12.7. The van der Waals surface area contributed by atoms with Gasteiger partial charge in [-0.05, 0) is 31.6 Å². The normalized spacial score (nSPS) is 23.4. The van der Waals surface area contributed by atoms with Crippen molar-refractivity contribution in [1.82, 2.24) is 19.5 Å². The van der Waals surface area contributed by atoms with E-state index in [2.05, 4.69) is 25.6 Å². The lowest BCUT2D eigenvalue weighted by molar-refractivity contribution is -0.141. The number of amides is 1. The summed E-state index contributed by atoms with van der Waals surface area (Å²) in [5, 5.41) is 6.25. The first-order valence-corrected chi connectivity index (χ1v) is 10.3. The number of anilines is 3. The van der Waals surface area contributed by atoms with E-state index in [9.17, 15) is 18.0 Å². The van der Waals surface area contributed by atoms with Crippen LogP contribution < -0.4 is 15.5 Å². The van der Waals surface area contributed by atoms with Gasteiger partial charge in [0, 0.05) is 25.8 Å². The van der Waals surface area contributed by atoms with Gasteiger partial charge in [-0.3, -0.25) is 4.79 Å². The molecule has 0 bridgehead atoms. The zero-order valence-corrected chi connectivity index (χ0v) is 17.9. The number of nitrogens with one attached hydrogen (secondary N) is 2. The number of aryl methyl sites for hydroxylation is 1. The van der Waals surface area contributed by atoms with Crippen LogP contribution in [-0.2, 0) is 17.5 Å². The smallest absolute Gasteiger partial charge is 0.351 e. The quantitative estimate of drug-likeness (QED) is 0.746. The number of imidazole rings is 1. The van der Waals surface area contributed by atoms with Gasteiger partial charge in [-0.25, -0.2) is 9.97 Å². The van der Waals surface area contributed by atoms with Gasteiger partial charge in [-0.1, -0.05) is 13.8 Å². The third kappa shape index (κ3) is 4.17. The number of hydrogen-bond donors (Lipinski definition) is 2. The zero-order valence-electron chi connectivity index (χ0n) is 17.9. The van der Waals surface area contributed by atoms with E-state index in [0.29, 0.717) is 29.7 Å². The first kappa shape index (κ1) is 21.4. The predicted octanol–water partition coefficient (Wildman–Crippen LogP) is 3.30. The standard InChI is InChI=1S/C20H26F3N7O/c1-10(2)16-18(31)27-15-11(3)25-19(28-17(15)29(16)4)26-13-5-12(6-13)7-30-8-14(24-9-30)20(21,22)23/h8-10,12-13,16H,5-7H2,1-4H3,(H,27,31)(H,25,26,28)/t12-,13+,16?. The topological polar surface area (TPSA) is 88.0 Å². The molecule has 0 spiro atoms. The molecule has 11 heteroatoms. The average molecular weight is 437 g/mol. The van der Waals surface area contributed by atoms with Crippen molar-refractivity contribution in [2.24, 2.45) is 11.8 Å². The SMILES string of the molecule is Cc1nc(N[C@H]2C[C@@H](Cn3cnc(C(F)(F)F)c3)C2)nc2c1NC(=O)C(C(C)C)N2C. The first-order chi connectivity index (χ1) is 14.5. The highest BCUT2D eigenvalue weighted by atomic mass is 19.4. The van der Waals surface area contributed by atoms with E-state index in [1.807, 2.05) is 32.7 Å². The number of likely N-dealkylation sites (N-methyl/N-ethyl adjacent to an activating group) is 1. The van der Waals surface area contributed by atoms with Crippen LogP contribution in [-0.4, -0.2) is 44.6 Å². The average Bonchev–Trinajstić information content (AvgIpc) is 3.10. The van der Waals surface area contributed by atoms with Gasteiger partial charge in [0.25, 0.3) is 0 Å². The largest absolute Gasteiger partial charge is 0.434 e. The van der Waals surface area contributed by atoms with Gasteiger partial charge in [0.1, 0.15) is 11.7 Å². The highest BCUT2D eigenvalue weighted by molar-refractivity contribution is 6.03. The van der Waals surface area contributed by atoms with Crippen LogP contribution in [0.2, 0.25) is 0 Å². The highest BCUT2D eigenvalue weighted by Crippen LogP contribution is 2.36. The summed E-state index contributed by atoms with van der Waals surface area (Å²) in [5.41, 5.74) is 0.446. The van der Waals surface area contributed by atoms with Crippen LogP contribution in [0.5, 0.6) is 0 Å². The molecule has 168 valence electrons. The van der Waals surface area contributed by atoms with Crippen LogP contribution in [0.4, 0.5) is 30.6 Å². The number of nitrogens with zero attached hydrogens (tertiary/aromatic N) is 5. The van der Waals surface area contributed by atoms with Crippen LogP contribution in [0, 0.1) is 18.8 Å². The van der Waals surface area contributed by atoms with E-state index < -0.39 is 11.9 Å². The molecule has 2 aliphatic rings. The zero-order chi connectivity index (χ0) is 22.5. The van der Waals surface area contributed by atoms with E-state index in [0.717, 1.165) is 19.0 Å². The van der Waals surface area contributed by atoms with Gasteiger partial charge < -0.3 is 20.1 Å². The lowest BCUT2D eigenvalue weighted by Crippen LogP contribution is -2.50. The Morgan fingerprint density at radius 1 is 1.29 bits per heavy atom. The fourth-order valence-corrected chi connectivity index (χ4v) is 4.37. The minimum absolute atomic E-state index is 0.0626. The Hall–Kier alpha value is -2.85. The summed E-state index contributed by atoms with van der Waals surface area (Å²) in [6, 6.07) is -0.156. The molecular weight excluding hydrogens is 411 g/mol. The van der Waals surface area contributed by atoms with E-state index in [-0.39, 0.29) is 29.8 Å². The summed E-state index contributed by atoms with van der Waals surface area (Å²) < 4.78 is 39.5. The van der Waals surface area contributed by atoms with Crippen LogP contribution in [0.15, 0.2) is 12.5 Å². The van der Waals surface area contributed by atoms with Gasteiger partial charge in [0.2, 0.25) is 11.9 Å². The highest BCUT2D eigenvalue weighted by Gasteiger charge is 2.37. The summed E-state index contributed by atoms with van der Waals surface area (Å²) in [4.78, 5) is 26.9. The molecule has 1 aliphatic carbocycles. The Bertz CT molecular complexity index is 982. The lowest BCUT2D eigenvalue weighted by Gasteiger charge is -2.38. The second kappa shape index (κ2) is 7.69. The number of alkyl halides is 3. The van der Waals surface area contributed by atoms with Gasteiger partial charge in [0.15, 0.2) is 11.5 Å². The van der Waals surface area contributed by atoms with Crippen molar-refractivity contribution in [3.63, 3.8) is 0 Å². The van der Waals surface area contributed by atoms with Gasteiger partial charge in [0.05, 0.1) is 12.0 Å². The van der Waals surface area contributed by atoms with Crippen molar-refractivity contribution in [1.29, 1.82) is 0 Å². The van der Waals surface area contributed by atoms with Gasteiger partial charge in [-0.2, -0.15) is 18.2 Å². The molecule has 1 amide bonds. The number of halogens is 3. The molecule has 31 heavy (non-hydrogen) atoms. The maximum Gasteiger partial charge on any atom is 0.434 e. The summed E-state index contributed by atoms with van der Waals surface area (Å²) in [6.07, 6.45) is -0.529. The molecule has 1 unspecified atom stereocenters. The third-order valence-electron chi connectivity index (χ3n) is 5.93.